The molecule has 0 saturated heterocycles. The SMILES string of the molecule is ClC(Br)c1ccc(-c2ccccc2)cc1. The molecule has 2 aromatic rings. The third-order valence-corrected chi connectivity index (χ3v) is 3.05. The Labute approximate surface area is 103 Å². The van der Waals surface area contributed by atoms with Crippen molar-refractivity contribution in [2.45, 2.75) is 4.29 Å². The lowest BCUT2D eigenvalue weighted by Gasteiger charge is -2.04. The van der Waals surface area contributed by atoms with Crippen LogP contribution in [0, 0.1) is 0 Å². The van der Waals surface area contributed by atoms with Crippen LogP contribution in [0.15, 0.2) is 54.6 Å². The van der Waals surface area contributed by atoms with Gasteiger partial charge in [0.2, 0.25) is 0 Å². The third-order valence-electron chi connectivity index (χ3n) is 2.27. The van der Waals surface area contributed by atoms with Gasteiger partial charge in [0, 0.05) is 0 Å². The van der Waals surface area contributed by atoms with Crippen molar-refractivity contribution in [3.63, 3.8) is 0 Å². The van der Waals surface area contributed by atoms with Gasteiger partial charge in [0.25, 0.3) is 0 Å². The molecule has 0 aliphatic carbocycles. The minimum atomic E-state index is -0.109. The molecule has 1 atom stereocenters. The summed E-state index contributed by atoms with van der Waals surface area (Å²) in [7, 11) is 0. The summed E-state index contributed by atoms with van der Waals surface area (Å²) in [6, 6.07) is 18.5. The zero-order valence-electron chi connectivity index (χ0n) is 8.03. The first-order valence-electron chi connectivity index (χ1n) is 4.71. The van der Waals surface area contributed by atoms with Gasteiger partial charge in [-0.3, -0.25) is 0 Å². The van der Waals surface area contributed by atoms with Crippen LogP contribution in [0.1, 0.15) is 9.85 Å². The zero-order valence-corrected chi connectivity index (χ0v) is 10.4. The van der Waals surface area contributed by atoms with E-state index in [-0.39, 0.29) is 4.29 Å². The molecule has 15 heavy (non-hydrogen) atoms. The van der Waals surface area contributed by atoms with Gasteiger partial charge >= 0.3 is 0 Å². The second kappa shape index (κ2) is 4.82. The molecule has 2 heteroatoms. The predicted molar refractivity (Wildman–Crippen MR) is 69.4 cm³/mol. The van der Waals surface area contributed by atoms with E-state index in [0.29, 0.717) is 0 Å². The maximum absolute atomic E-state index is 5.92. The monoisotopic (exact) mass is 280 g/mol. The van der Waals surface area contributed by atoms with Crippen molar-refractivity contribution in [2.75, 3.05) is 0 Å². The average Bonchev–Trinajstić information content (AvgIpc) is 2.30. The lowest BCUT2D eigenvalue weighted by Crippen LogP contribution is -1.81. The van der Waals surface area contributed by atoms with Crippen LogP contribution in [0.2, 0.25) is 0 Å². The van der Waals surface area contributed by atoms with Crippen molar-refractivity contribution in [2.24, 2.45) is 0 Å². The summed E-state index contributed by atoms with van der Waals surface area (Å²) in [5.41, 5.74) is 3.52. The van der Waals surface area contributed by atoms with E-state index in [1.807, 2.05) is 30.3 Å². The lowest BCUT2D eigenvalue weighted by molar-refractivity contribution is 1.39. The molecule has 0 nitrogen and oxygen atoms in total. The minimum absolute atomic E-state index is 0.109. The van der Waals surface area contributed by atoms with Crippen molar-refractivity contribution in [1.29, 1.82) is 0 Å². The Kier molecular flexibility index (Phi) is 3.45. The van der Waals surface area contributed by atoms with Gasteiger partial charge in [0.1, 0.15) is 4.29 Å². The highest BCUT2D eigenvalue weighted by molar-refractivity contribution is 9.09. The first kappa shape index (κ1) is 10.7. The van der Waals surface area contributed by atoms with E-state index in [4.69, 9.17) is 11.6 Å². The van der Waals surface area contributed by atoms with Gasteiger partial charge in [-0.25, -0.2) is 0 Å². The molecule has 0 aromatic heterocycles. The molecule has 2 rings (SSSR count). The second-order valence-electron chi connectivity index (χ2n) is 3.29. The van der Waals surface area contributed by atoms with Crippen LogP contribution in [0.5, 0.6) is 0 Å². The summed E-state index contributed by atoms with van der Waals surface area (Å²) < 4.78 is -0.109. The van der Waals surface area contributed by atoms with E-state index in [1.54, 1.807) is 0 Å². The Morgan fingerprint density at radius 3 is 1.87 bits per heavy atom. The van der Waals surface area contributed by atoms with E-state index in [2.05, 4.69) is 40.2 Å². The highest BCUT2D eigenvalue weighted by atomic mass is 79.9. The fraction of sp³-hybridized carbons (Fsp3) is 0.0769. The van der Waals surface area contributed by atoms with Crippen LogP contribution in [-0.4, -0.2) is 0 Å². The zero-order chi connectivity index (χ0) is 10.7. The first-order valence-corrected chi connectivity index (χ1v) is 6.06. The molecule has 0 bridgehead atoms. The Morgan fingerprint density at radius 2 is 1.33 bits per heavy atom. The van der Waals surface area contributed by atoms with Crippen LogP contribution >= 0.6 is 27.5 Å². The van der Waals surface area contributed by atoms with Crippen LogP contribution < -0.4 is 0 Å². The number of benzene rings is 2. The summed E-state index contributed by atoms with van der Waals surface area (Å²) in [5, 5.41) is 0. The molecule has 0 saturated carbocycles. The lowest BCUT2D eigenvalue weighted by atomic mass is 10.0. The topological polar surface area (TPSA) is 0 Å². The molecular weight excluding hydrogens is 272 g/mol. The van der Waals surface area contributed by atoms with Gasteiger partial charge in [0.15, 0.2) is 0 Å². The first-order chi connectivity index (χ1) is 7.27. The van der Waals surface area contributed by atoms with Gasteiger partial charge < -0.3 is 0 Å². The second-order valence-corrected chi connectivity index (χ2v) is 5.17. The standard InChI is InChI=1S/C13H10BrCl/c14-13(15)12-8-6-11(7-9-12)10-4-2-1-3-5-10/h1-9,13H. The Hall–Kier alpha value is -0.790. The molecule has 0 N–H and O–H groups in total. The molecule has 0 radical (unpaired) electrons. The fourth-order valence-electron chi connectivity index (χ4n) is 1.45. The molecular formula is C13H10BrCl. The minimum Gasteiger partial charge on any atom is -0.105 e. The van der Waals surface area contributed by atoms with Gasteiger partial charge in [-0.1, -0.05) is 70.5 Å². The predicted octanol–water partition coefficient (Wildman–Crippen LogP) is 4.99. The van der Waals surface area contributed by atoms with E-state index in [0.717, 1.165) is 5.56 Å². The number of hydrogen-bond donors (Lipinski definition) is 0. The van der Waals surface area contributed by atoms with Crippen LogP contribution in [0.3, 0.4) is 0 Å². The number of alkyl halides is 2. The molecule has 0 aliphatic heterocycles. The van der Waals surface area contributed by atoms with Gasteiger partial charge in [0.05, 0.1) is 0 Å². The smallest absolute Gasteiger partial charge is 0.105 e. The summed E-state index contributed by atoms with van der Waals surface area (Å²) >= 11 is 9.25. The third kappa shape index (κ3) is 2.61. The molecule has 2 aromatic carbocycles. The van der Waals surface area contributed by atoms with E-state index < -0.39 is 0 Å². The molecule has 0 amide bonds. The summed E-state index contributed by atoms with van der Waals surface area (Å²) in [5.74, 6) is 0. The van der Waals surface area contributed by atoms with Crippen LogP contribution in [0.25, 0.3) is 11.1 Å². The van der Waals surface area contributed by atoms with E-state index >= 15 is 0 Å². The highest BCUT2D eigenvalue weighted by Gasteiger charge is 2.02. The summed E-state index contributed by atoms with van der Waals surface area (Å²) in [6.07, 6.45) is 0. The number of halogens is 2. The number of hydrogen-bond acceptors (Lipinski definition) is 0. The maximum Gasteiger partial charge on any atom is 0.113 e. The average molecular weight is 282 g/mol. The summed E-state index contributed by atoms with van der Waals surface area (Å²) in [6.45, 7) is 0. The van der Waals surface area contributed by atoms with Crippen molar-refractivity contribution in [3.05, 3.63) is 60.2 Å². The van der Waals surface area contributed by atoms with Crippen molar-refractivity contribution >= 4 is 27.5 Å². The highest BCUT2D eigenvalue weighted by Crippen LogP contribution is 2.28. The van der Waals surface area contributed by atoms with Gasteiger partial charge in [-0.15, -0.1) is 11.6 Å². The normalized spacial score (nSPS) is 12.4. The van der Waals surface area contributed by atoms with Gasteiger partial charge in [-0.05, 0) is 16.7 Å². The Morgan fingerprint density at radius 1 is 0.800 bits per heavy atom. The van der Waals surface area contributed by atoms with Crippen molar-refractivity contribution in [3.8, 4) is 11.1 Å². The number of rotatable bonds is 2. The fourth-order valence-corrected chi connectivity index (χ4v) is 1.90. The largest absolute Gasteiger partial charge is 0.113 e. The Bertz CT molecular complexity index is 420. The molecule has 1 unspecified atom stereocenters. The van der Waals surface area contributed by atoms with Crippen molar-refractivity contribution < 1.29 is 0 Å². The summed E-state index contributed by atoms with van der Waals surface area (Å²) in [4.78, 5) is 0. The van der Waals surface area contributed by atoms with Crippen LogP contribution in [-0.2, 0) is 0 Å². The maximum atomic E-state index is 5.92. The van der Waals surface area contributed by atoms with E-state index in [1.165, 1.54) is 11.1 Å². The molecule has 0 aliphatic rings. The molecule has 0 spiro atoms. The molecule has 0 heterocycles. The van der Waals surface area contributed by atoms with Crippen molar-refractivity contribution in [1.82, 2.24) is 0 Å². The molecule has 0 fully saturated rings. The van der Waals surface area contributed by atoms with E-state index in [9.17, 15) is 0 Å². The quantitative estimate of drug-likeness (QED) is 0.681. The van der Waals surface area contributed by atoms with Gasteiger partial charge in [-0.2, -0.15) is 0 Å². The Balaban J connectivity index is 2.32. The van der Waals surface area contributed by atoms with Crippen LogP contribution in [0.4, 0.5) is 0 Å². The molecule has 76 valence electrons.